The number of amides is 1. The molecule has 1 aliphatic heterocycles. The number of carbonyl (C=O) groups excluding carboxylic acids is 1. The van der Waals surface area contributed by atoms with Crippen LogP contribution in [-0.4, -0.2) is 35.1 Å². The van der Waals surface area contributed by atoms with Crippen LogP contribution in [0.25, 0.3) is 0 Å². The number of aryl methyl sites for hydroxylation is 1. The summed E-state index contributed by atoms with van der Waals surface area (Å²) >= 11 is 0. The van der Waals surface area contributed by atoms with Crippen LogP contribution in [0.1, 0.15) is 25.6 Å². The number of hydrogen-bond acceptors (Lipinski definition) is 6. The Morgan fingerprint density at radius 2 is 1.92 bits per heavy atom. The van der Waals surface area contributed by atoms with Crippen LogP contribution in [0.15, 0.2) is 30.3 Å². The van der Waals surface area contributed by atoms with Gasteiger partial charge in [0.25, 0.3) is 0 Å². The molecule has 1 saturated heterocycles. The predicted octanol–water partition coefficient (Wildman–Crippen LogP) is 3.08. The van der Waals surface area contributed by atoms with E-state index in [1.165, 1.54) is 6.92 Å². The lowest BCUT2D eigenvalue weighted by Crippen LogP contribution is -2.19. The van der Waals surface area contributed by atoms with Gasteiger partial charge in [0.1, 0.15) is 17.5 Å². The zero-order chi connectivity index (χ0) is 17.6. The third kappa shape index (κ3) is 5.15. The summed E-state index contributed by atoms with van der Waals surface area (Å²) in [6, 6.07) is 9.34. The van der Waals surface area contributed by atoms with Crippen molar-refractivity contribution in [2.75, 3.05) is 29.1 Å². The highest BCUT2D eigenvalue weighted by molar-refractivity contribution is 5.88. The van der Waals surface area contributed by atoms with E-state index >= 15 is 0 Å². The summed E-state index contributed by atoms with van der Waals surface area (Å²) in [5, 5.41) is 9.32. The van der Waals surface area contributed by atoms with E-state index in [0.717, 1.165) is 49.0 Å². The highest BCUT2D eigenvalue weighted by Crippen LogP contribution is 2.20. The van der Waals surface area contributed by atoms with Crippen LogP contribution in [0.3, 0.4) is 0 Å². The minimum absolute atomic E-state index is 0.0888. The molecule has 2 aromatic rings. The molecule has 3 N–H and O–H groups in total. The lowest BCUT2D eigenvalue weighted by molar-refractivity contribution is -0.114. The van der Waals surface area contributed by atoms with Gasteiger partial charge < -0.3 is 20.7 Å². The summed E-state index contributed by atoms with van der Waals surface area (Å²) in [5.74, 6) is 2.10. The van der Waals surface area contributed by atoms with E-state index in [1.54, 1.807) is 0 Å². The second kappa shape index (κ2) is 7.94. The zero-order valence-electron chi connectivity index (χ0n) is 14.5. The van der Waals surface area contributed by atoms with Gasteiger partial charge in [0.2, 0.25) is 5.91 Å². The minimum atomic E-state index is -0.0888. The summed E-state index contributed by atoms with van der Waals surface area (Å²) in [7, 11) is 0. The lowest BCUT2D eigenvalue weighted by Gasteiger charge is -2.13. The number of nitrogens with one attached hydrogen (secondary N) is 3. The Balaban J connectivity index is 1.64. The van der Waals surface area contributed by atoms with Crippen molar-refractivity contribution in [1.82, 2.24) is 9.97 Å². The highest BCUT2D eigenvalue weighted by atomic mass is 16.5. The maximum atomic E-state index is 11.1. The van der Waals surface area contributed by atoms with Crippen molar-refractivity contribution in [2.24, 2.45) is 0 Å². The van der Waals surface area contributed by atoms with Crippen LogP contribution < -0.4 is 16.0 Å². The fraction of sp³-hybridized carbons (Fsp3) is 0.389. The molecule has 3 rings (SSSR count). The van der Waals surface area contributed by atoms with Gasteiger partial charge in [-0.25, -0.2) is 9.97 Å². The fourth-order valence-electron chi connectivity index (χ4n) is 2.73. The molecule has 0 aliphatic carbocycles. The van der Waals surface area contributed by atoms with Crippen LogP contribution in [0.4, 0.5) is 23.0 Å². The first-order chi connectivity index (χ1) is 12.1. The molecule has 0 radical (unpaired) electrons. The third-order valence-electron chi connectivity index (χ3n) is 3.85. The van der Waals surface area contributed by atoms with E-state index in [4.69, 9.17) is 4.74 Å². The molecular weight excluding hydrogens is 318 g/mol. The predicted molar refractivity (Wildman–Crippen MR) is 98.3 cm³/mol. The molecule has 1 aromatic heterocycles. The molecule has 1 fully saturated rings. The zero-order valence-corrected chi connectivity index (χ0v) is 14.5. The smallest absolute Gasteiger partial charge is 0.221 e. The molecule has 1 aliphatic rings. The van der Waals surface area contributed by atoms with Gasteiger partial charge in [-0.3, -0.25) is 4.79 Å². The maximum absolute atomic E-state index is 11.1. The summed E-state index contributed by atoms with van der Waals surface area (Å²) < 4.78 is 5.62. The Labute approximate surface area is 147 Å². The Bertz CT molecular complexity index is 727. The number of ether oxygens (including phenoxy) is 1. The van der Waals surface area contributed by atoms with E-state index in [2.05, 4.69) is 25.9 Å². The molecule has 1 unspecified atom stereocenters. The average molecular weight is 341 g/mol. The summed E-state index contributed by atoms with van der Waals surface area (Å²) in [4.78, 5) is 19.9. The maximum Gasteiger partial charge on any atom is 0.221 e. The molecule has 7 heteroatoms. The van der Waals surface area contributed by atoms with Crippen molar-refractivity contribution in [3.8, 4) is 0 Å². The minimum Gasteiger partial charge on any atom is -0.376 e. The Morgan fingerprint density at radius 1 is 1.20 bits per heavy atom. The first-order valence-electron chi connectivity index (χ1n) is 8.44. The number of anilines is 4. The quantitative estimate of drug-likeness (QED) is 0.748. The van der Waals surface area contributed by atoms with Gasteiger partial charge in [-0.05, 0) is 44.0 Å². The molecule has 132 valence electrons. The van der Waals surface area contributed by atoms with Crippen LogP contribution in [0.2, 0.25) is 0 Å². The number of nitrogens with zero attached hydrogens (tertiary/aromatic N) is 2. The normalized spacial score (nSPS) is 16.5. The fourth-order valence-corrected chi connectivity index (χ4v) is 2.73. The second-order valence-electron chi connectivity index (χ2n) is 6.09. The Kier molecular flexibility index (Phi) is 5.45. The molecule has 25 heavy (non-hydrogen) atoms. The largest absolute Gasteiger partial charge is 0.376 e. The highest BCUT2D eigenvalue weighted by Gasteiger charge is 2.15. The summed E-state index contributed by atoms with van der Waals surface area (Å²) in [6.45, 7) is 4.95. The van der Waals surface area contributed by atoms with Crippen LogP contribution in [-0.2, 0) is 9.53 Å². The molecule has 7 nitrogen and oxygen atoms in total. The van der Waals surface area contributed by atoms with E-state index in [9.17, 15) is 4.79 Å². The van der Waals surface area contributed by atoms with Gasteiger partial charge in [-0.2, -0.15) is 0 Å². The van der Waals surface area contributed by atoms with Gasteiger partial charge >= 0.3 is 0 Å². The topological polar surface area (TPSA) is 88.2 Å². The Hall–Kier alpha value is -2.67. The third-order valence-corrected chi connectivity index (χ3v) is 3.85. The van der Waals surface area contributed by atoms with Crippen LogP contribution in [0, 0.1) is 6.92 Å². The summed E-state index contributed by atoms with van der Waals surface area (Å²) in [6.07, 6.45) is 2.47. The van der Waals surface area contributed by atoms with Crippen LogP contribution in [0.5, 0.6) is 0 Å². The standard InChI is InChI=1S/C18H23N5O2/c1-12-20-17(19-11-16-4-3-9-25-16)10-18(21-12)23-15-7-5-14(6-8-15)22-13(2)24/h5-8,10,16H,3-4,9,11H2,1-2H3,(H,22,24)(H2,19,20,21,23). The molecule has 0 saturated carbocycles. The molecule has 1 amide bonds. The van der Waals surface area contributed by atoms with Crippen molar-refractivity contribution >= 4 is 28.9 Å². The monoisotopic (exact) mass is 341 g/mol. The number of aromatic nitrogens is 2. The van der Waals surface area contributed by atoms with Gasteiger partial charge in [-0.1, -0.05) is 0 Å². The van der Waals surface area contributed by atoms with Gasteiger partial charge in [0, 0.05) is 37.5 Å². The molecule has 1 atom stereocenters. The first kappa shape index (κ1) is 17.2. The van der Waals surface area contributed by atoms with E-state index < -0.39 is 0 Å². The van der Waals surface area contributed by atoms with Crippen molar-refractivity contribution < 1.29 is 9.53 Å². The van der Waals surface area contributed by atoms with Crippen molar-refractivity contribution in [3.05, 3.63) is 36.2 Å². The van der Waals surface area contributed by atoms with E-state index in [-0.39, 0.29) is 12.0 Å². The molecule has 0 bridgehead atoms. The van der Waals surface area contributed by atoms with Crippen LogP contribution >= 0.6 is 0 Å². The van der Waals surface area contributed by atoms with Gasteiger partial charge in [0.15, 0.2) is 0 Å². The number of carbonyl (C=O) groups is 1. The summed E-state index contributed by atoms with van der Waals surface area (Å²) in [5.41, 5.74) is 1.65. The molecule has 1 aromatic carbocycles. The van der Waals surface area contributed by atoms with Crippen molar-refractivity contribution in [1.29, 1.82) is 0 Å². The van der Waals surface area contributed by atoms with E-state index in [0.29, 0.717) is 5.82 Å². The molecular formula is C18H23N5O2. The number of benzene rings is 1. The average Bonchev–Trinajstić information content (AvgIpc) is 3.07. The Morgan fingerprint density at radius 3 is 2.60 bits per heavy atom. The number of rotatable bonds is 6. The van der Waals surface area contributed by atoms with Crippen molar-refractivity contribution in [2.45, 2.75) is 32.8 Å². The van der Waals surface area contributed by atoms with Gasteiger partial charge in [-0.15, -0.1) is 0 Å². The van der Waals surface area contributed by atoms with Gasteiger partial charge in [0.05, 0.1) is 6.10 Å². The lowest BCUT2D eigenvalue weighted by atomic mass is 10.2. The second-order valence-corrected chi connectivity index (χ2v) is 6.09. The molecule has 2 heterocycles. The first-order valence-corrected chi connectivity index (χ1v) is 8.44. The number of hydrogen-bond donors (Lipinski definition) is 3. The molecule has 0 spiro atoms. The van der Waals surface area contributed by atoms with E-state index in [1.807, 2.05) is 37.3 Å². The van der Waals surface area contributed by atoms with Crippen molar-refractivity contribution in [3.63, 3.8) is 0 Å². The SMILES string of the molecule is CC(=O)Nc1ccc(Nc2cc(NCC3CCCO3)nc(C)n2)cc1.